The number of rotatable bonds is 5. The molecule has 1 aliphatic rings. The Morgan fingerprint density at radius 1 is 0.553 bits per heavy atom. The smallest absolute Gasteiger partial charge is 0.0702 e. The second kappa shape index (κ2) is 10.6. The summed E-state index contributed by atoms with van der Waals surface area (Å²) in [4.78, 5) is 7.07. The number of para-hydroxylation sites is 2. The van der Waals surface area contributed by atoms with E-state index in [9.17, 15) is 0 Å². The molecular weight excluding hydrogens is 571 g/mol. The van der Waals surface area contributed by atoms with Gasteiger partial charge in [-0.3, -0.25) is 4.98 Å². The van der Waals surface area contributed by atoms with Crippen LogP contribution in [0.25, 0.3) is 49.9 Å². The molecule has 8 aromatic rings. The fourth-order valence-corrected chi connectivity index (χ4v) is 7.64. The van der Waals surface area contributed by atoms with Crippen LogP contribution in [0.2, 0.25) is 0 Å². The number of anilines is 3. The molecule has 1 aliphatic carbocycles. The molecule has 3 nitrogen and oxygen atoms in total. The highest BCUT2D eigenvalue weighted by molar-refractivity contribution is 6.16. The Bertz CT molecular complexity index is 2440. The minimum absolute atomic E-state index is 0.0923. The molecule has 0 unspecified atom stereocenters. The van der Waals surface area contributed by atoms with Crippen molar-refractivity contribution < 1.29 is 0 Å². The molecule has 0 bridgehead atoms. The lowest BCUT2D eigenvalue weighted by atomic mass is 9.82. The van der Waals surface area contributed by atoms with Crippen LogP contribution >= 0.6 is 0 Å². The standard InChI is InChI=1S/C44H33N3/c1-44(2)37-20-8-6-18-34(37)35-26-25-33(29-38(35)44)46(31-15-4-3-5-16-31)41-23-13-24-42-43(41)36-19-7-9-22-40(36)47(42)32-17-12-14-30(28-32)39-21-10-11-27-45-39/h3-29H,1-2H3. The minimum Gasteiger partial charge on any atom is -0.310 e. The molecule has 0 saturated heterocycles. The normalized spacial score (nSPS) is 13.1. The van der Waals surface area contributed by atoms with Gasteiger partial charge in [0, 0.05) is 45.0 Å². The van der Waals surface area contributed by atoms with Crippen LogP contribution in [0.5, 0.6) is 0 Å². The predicted molar refractivity (Wildman–Crippen MR) is 196 cm³/mol. The Morgan fingerprint density at radius 3 is 2.17 bits per heavy atom. The van der Waals surface area contributed by atoms with Crippen LogP contribution in [0.15, 0.2) is 164 Å². The first kappa shape index (κ1) is 27.4. The molecule has 0 N–H and O–H groups in total. The maximum atomic E-state index is 4.63. The third-order valence-electron chi connectivity index (χ3n) is 9.82. The molecule has 47 heavy (non-hydrogen) atoms. The zero-order chi connectivity index (χ0) is 31.5. The molecule has 0 amide bonds. The summed E-state index contributed by atoms with van der Waals surface area (Å²) < 4.78 is 2.40. The number of nitrogens with zero attached hydrogens (tertiary/aromatic N) is 3. The quantitative estimate of drug-likeness (QED) is 0.195. The van der Waals surface area contributed by atoms with Gasteiger partial charge in [0.25, 0.3) is 0 Å². The Morgan fingerprint density at radius 2 is 1.30 bits per heavy atom. The Labute approximate surface area is 275 Å². The van der Waals surface area contributed by atoms with E-state index in [1.54, 1.807) is 0 Å². The Hall–Kier alpha value is -5.93. The van der Waals surface area contributed by atoms with Gasteiger partial charge in [-0.25, -0.2) is 0 Å². The number of benzene rings is 6. The Kier molecular flexibility index (Phi) is 6.16. The summed E-state index contributed by atoms with van der Waals surface area (Å²) in [6, 6.07) is 56.9. The summed E-state index contributed by atoms with van der Waals surface area (Å²) in [5, 5.41) is 2.44. The summed E-state index contributed by atoms with van der Waals surface area (Å²) in [7, 11) is 0. The van der Waals surface area contributed by atoms with Gasteiger partial charge in [0.1, 0.15) is 0 Å². The Balaban J connectivity index is 1.29. The molecule has 0 fully saturated rings. The minimum atomic E-state index is -0.0923. The number of hydrogen-bond acceptors (Lipinski definition) is 2. The van der Waals surface area contributed by atoms with E-state index in [-0.39, 0.29) is 5.41 Å². The first-order valence-electron chi connectivity index (χ1n) is 16.2. The van der Waals surface area contributed by atoms with Crippen molar-refractivity contribution in [1.29, 1.82) is 0 Å². The van der Waals surface area contributed by atoms with Crippen molar-refractivity contribution in [1.82, 2.24) is 9.55 Å². The summed E-state index contributed by atoms with van der Waals surface area (Å²) in [6.07, 6.45) is 1.85. The van der Waals surface area contributed by atoms with Crippen LogP contribution in [-0.4, -0.2) is 9.55 Å². The van der Waals surface area contributed by atoms with E-state index >= 15 is 0 Å². The molecule has 0 spiro atoms. The van der Waals surface area contributed by atoms with Gasteiger partial charge in [-0.1, -0.05) is 105 Å². The summed E-state index contributed by atoms with van der Waals surface area (Å²) in [6.45, 7) is 4.70. The van der Waals surface area contributed by atoms with Crippen LogP contribution in [-0.2, 0) is 5.41 Å². The van der Waals surface area contributed by atoms with E-state index in [0.29, 0.717) is 0 Å². The molecular formula is C44H33N3. The van der Waals surface area contributed by atoms with E-state index in [1.807, 2.05) is 18.3 Å². The van der Waals surface area contributed by atoms with E-state index in [4.69, 9.17) is 0 Å². The zero-order valence-corrected chi connectivity index (χ0v) is 26.4. The van der Waals surface area contributed by atoms with Gasteiger partial charge >= 0.3 is 0 Å². The van der Waals surface area contributed by atoms with Crippen molar-refractivity contribution in [2.24, 2.45) is 0 Å². The fourth-order valence-electron chi connectivity index (χ4n) is 7.64. The topological polar surface area (TPSA) is 21.1 Å². The molecule has 3 heteroatoms. The third-order valence-corrected chi connectivity index (χ3v) is 9.82. The van der Waals surface area contributed by atoms with Crippen LogP contribution in [0.4, 0.5) is 17.1 Å². The molecule has 6 aromatic carbocycles. The van der Waals surface area contributed by atoms with Crippen LogP contribution in [0.1, 0.15) is 25.0 Å². The molecule has 2 aromatic heterocycles. The van der Waals surface area contributed by atoms with Crippen molar-refractivity contribution in [2.75, 3.05) is 4.90 Å². The van der Waals surface area contributed by atoms with Gasteiger partial charge in [-0.2, -0.15) is 0 Å². The van der Waals surface area contributed by atoms with Crippen molar-refractivity contribution in [3.63, 3.8) is 0 Å². The summed E-state index contributed by atoms with van der Waals surface area (Å²) in [5.41, 5.74) is 14.2. The molecule has 0 saturated carbocycles. The highest BCUT2D eigenvalue weighted by Crippen LogP contribution is 2.51. The van der Waals surface area contributed by atoms with Gasteiger partial charge in [0.2, 0.25) is 0 Å². The van der Waals surface area contributed by atoms with E-state index in [2.05, 4.69) is 174 Å². The lowest BCUT2D eigenvalue weighted by molar-refractivity contribution is 0.660. The van der Waals surface area contributed by atoms with Gasteiger partial charge in [-0.15, -0.1) is 0 Å². The van der Waals surface area contributed by atoms with Crippen molar-refractivity contribution >= 4 is 38.9 Å². The van der Waals surface area contributed by atoms with E-state index < -0.39 is 0 Å². The molecule has 0 radical (unpaired) electrons. The summed E-state index contributed by atoms with van der Waals surface area (Å²) in [5.74, 6) is 0. The third kappa shape index (κ3) is 4.24. The highest BCUT2D eigenvalue weighted by Gasteiger charge is 2.36. The second-order valence-corrected chi connectivity index (χ2v) is 12.9. The molecule has 9 rings (SSSR count). The van der Waals surface area contributed by atoms with Gasteiger partial charge in [-0.05, 0) is 89.0 Å². The lowest BCUT2D eigenvalue weighted by Gasteiger charge is -2.28. The number of aromatic nitrogens is 2. The van der Waals surface area contributed by atoms with Gasteiger partial charge in [0.05, 0.1) is 22.4 Å². The first-order valence-corrected chi connectivity index (χ1v) is 16.2. The van der Waals surface area contributed by atoms with E-state index in [1.165, 1.54) is 38.5 Å². The molecule has 224 valence electrons. The highest BCUT2D eigenvalue weighted by atomic mass is 15.1. The number of pyridine rings is 1. The number of hydrogen-bond donors (Lipinski definition) is 0. The lowest BCUT2D eigenvalue weighted by Crippen LogP contribution is -2.16. The monoisotopic (exact) mass is 603 g/mol. The second-order valence-electron chi connectivity index (χ2n) is 12.9. The van der Waals surface area contributed by atoms with E-state index in [0.717, 1.165) is 39.5 Å². The molecule has 2 heterocycles. The largest absolute Gasteiger partial charge is 0.310 e. The maximum Gasteiger partial charge on any atom is 0.0702 e. The zero-order valence-electron chi connectivity index (χ0n) is 26.4. The maximum absolute atomic E-state index is 4.63. The predicted octanol–water partition coefficient (Wildman–Crippen LogP) is 11.6. The average Bonchev–Trinajstić information content (AvgIpc) is 3.59. The first-order chi connectivity index (χ1) is 23.1. The van der Waals surface area contributed by atoms with Crippen LogP contribution < -0.4 is 4.90 Å². The van der Waals surface area contributed by atoms with Crippen molar-refractivity contribution in [3.8, 4) is 28.1 Å². The fraction of sp³-hybridized carbons (Fsp3) is 0.0682. The van der Waals surface area contributed by atoms with Crippen molar-refractivity contribution in [2.45, 2.75) is 19.3 Å². The van der Waals surface area contributed by atoms with Crippen molar-refractivity contribution in [3.05, 3.63) is 175 Å². The SMILES string of the molecule is CC1(C)c2ccccc2-c2ccc(N(c3ccccc3)c3cccc4c3c3ccccc3n4-c3cccc(-c4ccccn4)c3)cc21. The van der Waals surface area contributed by atoms with Crippen LogP contribution in [0, 0.1) is 0 Å². The van der Waals surface area contributed by atoms with Crippen LogP contribution in [0.3, 0.4) is 0 Å². The van der Waals surface area contributed by atoms with Gasteiger partial charge < -0.3 is 9.47 Å². The average molecular weight is 604 g/mol. The number of fused-ring (bicyclic) bond motifs is 6. The van der Waals surface area contributed by atoms with Gasteiger partial charge in [0.15, 0.2) is 0 Å². The molecule has 0 aliphatic heterocycles. The molecule has 0 atom stereocenters. The summed E-state index contributed by atoms with van der Waals surface area (Å²) >= 11 is 0.